The molecule has 0 aromatic carbocycles. The molecule has 1 unspecified atom stereocenters. The van der Waals surface area contributed by atoms with E-state index in [9.17, 15) is 0 Å². The van der Waals surface area contributed by atoms with Crippen LogP contribution in [0, 0.1) is 0 Å². The zero-order valence-electron chi connectivity index (χ0n) is 7.42. The molecule has 0 aromatic rings. The second-order valence-electron chi connectivity index (χ2n) is 3.45. The molecule has 1 fully saturated rings. The van der Waals surface area contributed by atoms with Crippen LogP contribution in [0.15, 0.2) is 4.99 Å². The van der Waals surface area contributed by atoms with Gasteiger partial charge in [-0.25, -0.2) is 0 Å². The molecule has 1 spiro atoms. The number of rotatable bonds is 1. The van der Waals surface area contributed by atoms with Crippen LogP contribution in [0.5, 0.6) is 0 Å². The first-order chi connectivity index (χ1) is 5.78. The smallest absolute Gasteiger partial charge is 0.191 e. The molecule has 2 heterocycles. The third-order valence-corrected chi connectivity index (χ3v) is 2.78. The summed E-state index contributed by atoms with van der Waals surface area (Å²) >= 11 is 0. The van der Waals surface area contributed by atoms with Gasteiger partial charge >= 0.3 is 0 Å². The molecule has 2 aliphatic heterocycles. The van der Waals surface area contributed by atoms with E-state index in [1.54, 1.807) is 0 Å². The largest absolute Gasteiger partial charge is 0.379 e. The normalized spacial score (nSPS) is 34.8. The zero-order chi connectivity index (χ0) is 8.60. The van der Waals surface area contributed by atoms with E-state index in [1.807, 2.05) is 0 Å². The molecule has 0 saturated carbocycles. The fourth-order valence-corrected chi connectivity index (χ4v) is 2.07. The van der Waals surface area contributed by atoms with Crippen LogP contribution in [0.25, 0.3) is 0 Å². The van der Waals surface area contributed by atoms with Crippen molar-refractivity contribution in [3.05, 3.63) is 0 Å². The van der Waals surface area contributed by atoms with Crippen molar-refractivity contribution in [2.75, 3.05) is 26.3 Å². The molecular weight excluding hydrogens is 154 g/mol. The van der Waals surface area contributed by atoms with E-state index in [1.165, 1.54) is 0 Å². The lowest BCUT2D eigenvalue weighted by atomic mass is 9.98. The monoisotopic (exact) mass is 169 g/mol. The Balaban J connectivity index is 2.18. The van der Waals surface area contributed by atoms with Gasteiger partial charge in [0, 0.05) is 13.2 Å². The highest BCUT2D eigenvalue weighted by molar-refractivity contribution is 5.81. The first kappa shape index (κ1) is 7.86. The van der Waals surface area contributed by atoms with Crippen LogP contribution in [0.1, 0.15) is 13.3 Å². The molecule has 4 nitrogen and oxygen atoms in total. The number of nitrogens with zero attached hydrogens (tertiary/aromatic N) is 2. The second kappa shape index (κ2) is 2.62. The van der Waals surface area contributed by atoms with Gasteiger partial charge in [0.25, 0.3) is 0 Å². The van der Waals surface area contributed by atoms with Crippen LogP contribution < -0.4 is 5.73 Å². The number of aliphatic imine (C=N–C) groups is 1. The van der Waals surface area contributed by atoms with Crippen LogP contribution in [-0.2, 0) is 4.74 Å². The summed E-state index contributed by atoms with van der Waals surface area (Å²) in [7, 11) is 0. The van der Waals surface area contributed by atoms with Crippen molar-refractivity contribution in [2.45, 2.75) is 18.9 Å². The maximum atomic E-state index is 5.76. The Morgan fingerprint density at radius 3 is 3.17 bits per heavy atom. The van der Waals surface area contributed by atoms with Gasteiger partial charge in [-0.15, -0.1) is 0 Å². The minimum atomic E-state index is 0.110. The molecule has 0 aliphatic carbocycles. The fourth-order valence-electron chi connectivity index (χ4n) is 2.07. The predicted octanol–water partition coefficient (Wildman–Crippen LogP) is -0.204. The molecule has 0 amide bonds. The third kappa shape index (κ3) is 0.909. The lowest BCUT2D eigenvalue weighted by molar-refractivity contribution is 0.136. The van der Waals surface area contributed by atoms with E-state index in [2.05, 4.69) is 16.8 Å². The quantitative estimate of drug-likeness (QED) is 0.591. The average Bonchev–Trinajstić information content (AvgIpc) is 2.63. The Kier molecular flexibility index (Phi) is 1.72. The summed E-state index contributed by atoms with van der Waals surface area (Å²) in [6.45, 7) is 5.48. The standard InChI is InChI=1S/C8H15N3O/c1-2-11-7(9)10-5-8(11)3-4-12-6-8/h2-6H2,1H3,(H2,9,10). The first-order valence-electron chi connectivity index (χ1n) is 4.44. The molecule has 0 bridgehead atoms. The lowest BCUT2D eigenvalue weighted by Gasteiger charge is -2.33. The molecule has 2 N–H and O–H groups in total. The summed E-state index contributed by atoms with van der Waals surface area (Å²) in [6.07, 6.45) is 1.06. The minimum absolute atomic E-state index is 0.110. The van der Waals surface area contributed by atoms with Crippen molar-refractivity contribution in [2.24, 2.45) is 10.7 Å². The number of hydrogen-bond acceptors (Lipinski definition) is 4. The molecule has 12 heavy (non-hydrogen) atoms. The van der Waals surface area contributed by atoms with Crippen LogP contribution >= 0.6 is 0 Å². The van der Waals surface area contributed by atoms with Gasteiger partial charge in [-0.05, 0) is 13.3 Å². The first-order valence-corrected chi connectivity index (χ1v) is 4.44. The van der Waals surface area contributed by atoms with E-state index < -0.39 is 0 Å². The molecule has 2 rings (SSSR count). The molecule has 1 saturated heterocycles. The minimum Gasteiger partial charge on any atom is -0.379 e. The van der Waals surface area contributed by atoms with Gasteiger partial charge in [0.2, 0.25) is 0 Å². The maximum absolute atomic E-state index is 5.76. The molecule has 2 aliphatic rings. The SMILES string of the molecule is CCN1C(N)=NCC12CCOC2. The lowest BCUT2D eigenvalue weighted by Crippen LogP contribution is -2.51. The highest BCUT2D eigenvalue weighted by Gasteiger charge is 2.44. The molecule has 0 radical (unpaired) electrons. The van der Waals surface area contributed by atoms with E-state index in [-0.39, 0.29) is 5.54 Å². The average molecular weight is 169 g/mol. The van der Waals surface area contributed by atoms with Crippen molar-refractivity contribution in [1.82, 2.24) is 4.90 Å². The summed E-state index contributed by atoms with van der Waals surface area (Å²) in [4.78, 5) is 6.43. The van der Waals surface area contributed by atoms with Crippen molar-refractivity contribution in [3.63, 3.8) is 0 Å². The number of likely N-dealkylation sites (N-methyl/N-ethyl adjacent to an activating group) is 1. The van der Waals surface area contributed by atoms with Crippen molar-refractivity contribution < 1.29 is 4.74 Å². The van der Waals surface area contributed by atoms with Crippen LogP contribution in [-0.4, -0.2) is 42.7 Å². The van der Waals surface area contributed by atoms with Gasteiger partial charge in [0.1, 0.15) is 0 Å². The van der Waals surface area contributed by atoms with Crippen LogP contribution in [0.4, 0.5) is 0 Å². The Morgan fingerprint density at radius 2 is 2.58 bits per heavy atom. The number of guanidine groups is 1. The highest BCUT2D eigenvalue weighted by atomic mass is 16.5. The Bertz CT molecular complexity index is 208. The van der Waals surface area contributed by atoms with E-state index in [0.29, 0.717) is 5.96 Å². The summed E-state index contributed by atoms with van der Waals surface area (Å²) < 4.78 is 5.39. The zero-order valence-corrected chi connectivity index (χ0v) is 7.42. The Labute approximate surface area is 72.4 Å². The van der Waals surface area contributed by atoms with E-state index >= 15 is 0 Å². The summed E-state index contributed by atoms with van der Waals surface area (Å²) in [5, 5.41) is 0. The molecular formula is C8H15N3O. The van der Waals surface area contributed by atoms with Crippen LogP contribution in [0.3, 0.4) is 0 Å². The molecule has 4 heteroatoms. The molecule has 0 aromatic heterocycles. The Morgan fingerprint density at radius 1 is 1.75 bits per heavy atom. The van der Waals surface area contributed by atoms with E-state index in [4.69, 9.17) is 10.5 Å². The van der Waals surface area contributed by atoms with Crippen molar-refractivity contribution in [1.29, 1.82) is 0 Å². The van der Waals surface area contributed by atoms with Gasteiger partial charge in [-0.1, -0.05) is 0 Å². The summed E-state index contributed by atoms with van der Waals surface area (Å²) in [6, 6.07) is 0. The van der Waals surface area contributed by atoms with Crippen molar-refractivity contribution in [3.8, 4) is 0 Å². The van der Waals surface area contributed by atoms with Gasteiger partial charge in [-0.3, -0.25) is 4.99 Å². The maximum Gasteiger partial charge on any atom is 0.191 e. The van der Waals surface area contributed by atoms with Gasteiger partial charge in [0.15, 0.2) is 5.96 Å². The summed E-state index contributed by atoms with van der Waals surface area (Å²) in [5.74, 6) is 0.683. The second-order valence-corrected chi connectivity index (χ2v) is 3.45. The van der Waals surface area contributed by atoms with Gasteiger partial charge in [-0.2, -0.15) is 0 Å². The van der Waals surface area contributed by atoms with Gasteiger partial charge in [0.05, 0.1) is 18.7 Å². The van der Waals surface area contributed by atoms with Gasteiger partial charge < -0.3 is 15.4 Å². The highest BCUT2D eigenvalue weighted by Crippen LogP contribution is 2.29. The van der Waals surface area contributed by atoms with E-state index in [0.717, 1.165) is 32.7 Å². The van der Waals surface area contributed by atoms with Crippen molar-refractivity contribution >= 4 is 5.96 Å². The number of ether oxygens (including phenoxy) is 1. The third-order valence-electron chi connectivity index (χ3n) is 2.78. The van der Waals surface area contributed by atoms with Crippen LogP contribution in [0.2, 0.25) is 0 Å². The molecule has 68 valence electrons. The number of hydrogen-bond donors (Lipinski definition) is 1. The fraction of sp³-hybridized carbons (Fsp3) is 0.875. The summed E-state index contributed by atoms with van der Waals surface area (Å²) in [5.41, 5.74) is 5.87. The molecule has 1 atom stereocenters. The Hall–Kier alpha value is -0.770. The predicted molar refractivity (Wildman–Crippen MR) is 47.0 cm³/mol. The number of nitrogens with two attached hydrogens (primary N) is 1. The topological polar surface area (TPSA) is 50.8 Å².